The van der Waals surface area contributed by atoms with Crippen LogP contribution < -0.4 is 18.9 Å². The van der Waals surface area contributed by atoms with Gasteiger partial charge >= 0.3 is 0 Å². The lowest BCUT2D eigenvalue weighted by molar-refractivity contribution is 0.0758. The molecule has 6 aliphatic heterocycles. The van der Waals surface area contributed by atoms with Crippen molar-refractivity contribution in [2.24, 2.45) is 27.1 Å². The van der Waals surface area contributed by atoms with E-state index in [0.29, 0.717) is 105 Å². The number of benzene rings is 5. The van der Waals surface area contributed by atoms with E-state index in [2.05, 4.69) is 27.7 Å². The number of hydrogen-bond acceptors (Lipinski definition) is 16. The first-order chi connectivity index (χ1) is 36.5. The first-order valence-electron chi connectivity index (χ1n) is 23.9. The van der Waals surface area contributed by atoms with Crippen molar-refractivity contribution in [2.45, 2.75) is 26.2 Å². The van der Waals surface area contributed by atoms with Crippen molar-refractivity contribution >= 4 is 129 Å². The molecule has 0 saturated carbocycles. The maximum atomic E-state index is 6.60. The summed E-state index contributed by atoms with van der Waals surface area (Å²) >= 11 is 52.8. The SMILES string of the molecule is ClP1(Cl)=NP(Cl)(Cl)=NP2(=N1)N1CCN2Cc2ccccc2OCCOCCOc2ccccc2C1.ClP1(Cl)=NP(Cl)(Cl)=NP2(=N1)N1CCN2Cc2ccccc2OCCOCCOc2ccccc2C1.c1ccccc1. The minimum absolute atomic E-state index is 0.420. The van der Waals surface area contributed by atoms with Crippen LogP contribution in [0, 0.1) is 0 Å². The predicted octanol–water partition coefficient (Wildman–Crippen LogP) is 18.9. The number of nitrogens with zero attached hydrogens (tertiary/aromatic N) is 10. The number of para-hydroxylation sites is 4. The summed E-state index contributed by atoms with van der Waals surface area (Å²) in [5, 5.41) is 0. The van der Waals surface area contributed by atoms with Crippen molar-refractivity contribution in [3.05, 3.63) is 156 Å². The largest absolute Gasteiger partial charge is 0.491 e. The van der Waals surface area contributed by atoms with Crippen molar-refractivity contribution in [2.75, 3.05) is 79.0 Å². The molecule has 0 aromatic heterocycles. The minimum Gasteiger partial charge on any atom is -0.491 e. The van der Waals surface area contributed by atoms with Crippen molar-refractivity contribution in [1.82, 2.24) is 18.7 Å². The van der Waals surface area contributed by atoms with Crippen LogP contribution in [0.3, 0.4) is 0 Å². The van der Waals surface area contributed by atoms with Gasteiger partial charge in [0, 0.05) is 74.6 Å². The molecular weight excluding hydrogens is 1260 g/mol. The lowest BCUT2D eigenvalue weighted by Crippen LogP contribution is -2.20. The number of rotatable bonds is 0. The summed E-state index contributed by atoms with van der Waals surface area (Å²) in [5.41, 5.74) is 3.99. The van der Waals surface area contributed by atoms with Crippen LogP contribution in [0.1, 0.15) is 22.3 Å². The van der Waals surface area contributed by atoms with Gasteiger partial charge in [-0.2, -0.15) is 27.1 Å². The minimum atomic E-state index is -3.13. The molecule has 0 N–H and O–H groups in total. The monoisotopic (exact) mass is 1310 g/mol. The van der Waals surface area contributed by atoms with Gasteiger partial charge in [-0.15, -0.1) is 0 Å². The van der Waals surface area contributed by atoms with E-state index in [0.717, 1.165) is 45.3 Å². The first-order valence-corrected chi connectivity index (χ1v) is 41.1. The van der Waals surface area contributed by atoms with Crippen molar-refractivity contribution in [3.63, 3.8) is 0 Å². The number of halogens is 8. The molecule has 5 aromatic rings. The third kappa shape index (κ3) is 15.6. The van der Waals surface area contributed by atoms with Crippen molar-refractivity contribution < 1.29 is 28.4 Å². The Kier molecular flexibility index (Phi) is 20.9. The predicted molar refractivity (Wildman–Crippen MR) is 320 cm³/mol. The standard InChI is InChI=1S/2C20H24Cl4N5O3P3.C6H6/c2*21-33(22)25-34(23,24)27-35(26-33)28-9-10-29(35)16-18-6-2-4-8-20(18)32-14-12-30-11-13-31-19-7-3-1-5-17(19)15-28;1-2-4-6-5-3-1/h2*1-8H,9-16H2;1-6H. The van der Waals surface area contributed by atoms with Gasteiger partial charge in [0.1, 0.15) is 49.4 Å². The summed E-state index contributed by atoms with van der Waals surface area (Å²) < 4.78 is 72.4. The number of fused-ring (bicyclic) bond motifs is 4. The summed E-state index contributed by atoms with van der Waals surface area (Å²) in [6, 6.07) is 43.6. The van der Waals surface area contributed by atoms with E-state index < -0.39 is 38.7 Å². The Morgan fingerprint density at radius 1 is 0.289 bits per heavy atom. The summed E-state index contributed by atoms with van der Waals surface area (Å²) in [4.78, 5) is 0. The quantitative estimate of drug-likeness (QED) is 0.138. The zero-order valence-electron chi connectivity index (χ0n) is 40.6. The molecule has 11 rings (SSSR count). The smallest absolute Gasteiger partial charge is 0.257 e. The van der Waals surface area contributed by atoms with Gasteiger partial charge in [0.25, 0.3) is 23.6 Å². The third-order valence-electron chi connectivity index (χ3n) is 12.0. The lowest BCUT2D eigenvalue weighted by atomic mass is 10.2. The lowest BCUT2D eigenvalue weighted by Gasteiger charge is -2.36. The van der Waals surface area contributed by atoms with Gasteiger partial charge in [-0.05, 0) is 114 Å². The van der Waals surface area contributed by atoms with Crippen molar-refractivity contribution in [3.8, 4) is 23.0 Å². The molecular formula is C46H54Cl8N10O6P6. The number of ether oxygens (including phenoxy) is 6. The Bertz CT molecular complexity index is 2820. The number of hydrogen-bond donors (Lipinski definition) is 0. The Hall–Kier alpha value is -1.24. The fourth-order valence-corrected chi connectivity index (χ4v) is 41.5. The Labute approximate surface area is 482 Å². The molecule has 4 unspecified atom stereocenters. The maximum absolute atomic E-state index is 6.60. The van der Waals surface area contributed by atoms with Crippen LogP contribution in [-0.2, 0) is 35.7 Å². The Morgan fingerprint density at radius 2 is 0.526 bits per heavy atom. The first kappa shape index (κ1) is 59.4. The topological polar surface area (TPSA) is 142 Å². The van der Waals surface area contributed by atoms with E-state index in [1.54, 1.807) is 0 Å². The molecule has 16 nitrogen and oxygen atoms in total. The van der Waals surface area contributed by atoms with E-state index in [1.807, 2.05) is 133 Å². The second-order valence-electron chi connectivity index (χ2n) is 17.2. The Morgan fingerprint density at radius 3 is 0.776 bits per heavy atom. The summed E-state index contributed by atoms with van der Waals surface area (Å²) in [6.07, 6.45) is 0. The molecule has 2 spiro atoms. The van der Waals surface area contributed by atoms with Crippen LogP contribution in [0.25, 0.3) is 0 Å². The fourth-order valence-electron chi connectivity index (χ4n) is 8.77. The van der Waals surface area contributed by atoms with Gasteiger partial charge in [0.2, 0.25) is 15.0 Å². The third-order valence-corrected chi connectivity index (χ3v) is 36.9. The molecule has 76 heavy (non-hydrogen) atoms. The van der Waals surface area contributed by atoms with Gasteiger partial charge in [0.15, 0.2) is 0 Å². The molecule has 0 radical (unpaired) electrons. The van der Waals surface area contributed by atoms with E-state index >= 15 is 0 Å². The maximum Gasteiger partial charge on any atom is 0.257 e. The van der Waals surface area contributed by atoms with Crippen LogP contribution in [0.5, 0.6) is 23.0 Å². The highest BCUT2D eigenvalue weighted by molar-refractivity contribution is 8.21. The van der Waals surface area contributed by atoms with Gasteiger partial charge in [-0.25, -0.2) is 18.7 Å². The summed E-state index contributed by atoms with van der Waals surface area (Å²) in [5.74, 6) is -9.41. The average molecular weight is 1310 g/mol. The van der Waals surface area contributed by atoms with Crippen molar-refractivity contribution in [1.29, 1.82) is 0 Å². The average Bonchev–Trinajstić information content (AvgIpc) is 3.91. The van der Waals surface area contributed by atoms with Gasteiger partial charge in [-0.1, -0.05) is 109 Å². The van der Waals surface area contributed by atoms with Crippen LogP contribution in [0.2, 0.25) is 0 Å². The molecule has 5 aromatic carbocycles. The second kappa shape index (κ2) is 26.8. The van der Waals surface area contributed by atoms with Gasteiger partial charge in [-0.3, -0.25) is 0 Å². The zero-order chi connectivity index (χ0) is 53.3. The van der Waals surface area contributed by atoms with Crippen LogP contribution >= 0.6 is 129 Å². The molecule has 0 aliphatic carbocycles. The van der Waals surface area contributed by atoms with E-state index in [1.165, 1.54) is 0 Å². The molecule has 4 bridgehead atoms. The molecule has 6 heterocycles. The van der Waals surface area contributed by atoms with Gasteiger partial charge < -0.3 is 28.4 Å². The molecule has 410 valence electrons. The normalized spacial score (nSPS) is 28.1. The summed E-state index contributed by atoms with van der Waals surface area (Å²) in [6.45, 7) is 8.32. The Balaban J connectivity index is 0.000000167. The fraction of sp³-hybridized carbons (Fsp3) is 0.348. The molecule has 6 aliphatic rings. The van der Waals surface area contributed by atoms with E-state index in [4.69, 9.17) is 136 Å². The molecule has 4 atom stereocenters. The molecule has 0 amide bonds. The van der Waals surface area contributed by atoms with E-state index in [9.17, 15) is 0 Å². The van der Waals surface area contributed by atoms with Gasteiger partial charge in [0.05, 0.1) is 26.4 Å². The zero-order valence-corrected chi connectivity index (χ0v) is 52.1. The molecule has 2 saturated heterocycles. The highest BCUT2D eigenvalue weighted by Crippen LogP contribution is 2.88. The highest BCUT2D eigenvalue weighted by Gasteiger charge is 2.48. The van der Waals surface area contributed by atoms with Crippen LogP contribution in [0.15, 0.2) is 161 Å². The molecule has 2 fully saturated rings. The van der Waals surface area contributed by atoms with Crippen LogP contribution in [-0.4, -0.2) is 97.7 Å². The van der Waals surface area contributed by atoms with Crippen LogP contribution in [0.4, 0.5) is 0 Å². The summed E-state index contributed by atoms with van der Waals surface area (Å²) in [7, 11) is -5.70. The highest BCUT2D eigenvalue weighted by atomic mass is 35.9. The second-order valence-corrected chi connectivity index (χ2v) is 42.9. The van der Waals surface area contributed by atoms with E-state index in [-0.39, 0.29) is 0 Å². The molecule has 30 heteroatoms.